The fourth-order valence-electron chi connectivity index (χ4n) is 1.88. The molecule has 0 aliphatic carbocycles. The molecule has 0 amide bonds. The lowest BCUT2D eigenvalue weighted by atomic mass is 9.97. The summed E-state index contributed by atoms with van der Waals surface area (Å²) in [6.45, 7) is 9.21. The number of hydrogen-bond acceptors (Lipinski definition) is 2. The number of esters is 1. The van der Waals surface area contributed by atoms with Gasteiger partial charge < -0.3 is 4.74 Å². The van der Waals surface area contributed by atoms with Gasteiger partial charge in [0.05, 0.1) is 12.5 Å². The number of unbranched alkanes of at least 4 members (excludes halogenated alkanes) is 2. The normalized spacial score (nSPS) is 12.8. The predicted octanol–water partition coefficient (Wildman–Crippen LogP) is 4.57. The zero-order valence-corrected chi connectivity index (χ0v) is 12.1. The average molecular weight is 242 g/mol. The van der Waals surface area contributed by atoms with Gasteiger partial charge in [-0.05, 0) is 25.2 Å². The van der Waals surface area contributed by atoms with Gasteiger partial charge in [0.1, 0.15) is 0 Å². The van der Waals surface area contributed by atoms with Crippen LogP contribution >= 0.6 is 0 Å². The average Bonchev–Trinajstić information content (AvgIpc) is 2.27. The second-order valence-corrected chi connectivity index (χ2v) is 5.33. The van der Waals surface area contributed by atoms with E-state index in [9.17, 15) is 4.79 Å². The molecule has 2 heteroatoms. The lowest BCUT2D eigenvalue weighted by molar-refractivity contribution is -0.149. The van der Waals surface area contributed by atoms with E-state index in [1.54, 1.807) is 0 Å². The van der Waals surface area contributed by atoms with E-state index in [0.717, 1.165) is 32.1 Å². The molecular weight excluding hydrogens is 212 g/mol. The van der Waals surface area contributed by atoms with Gasteiger partial charge in [-0.2, -0.15) is 0 Å². The molecule has 1 unspecified atom stereocenters. The van der Waals surface area contributed by atoms with Crippen LogP contribution in [-0.4, -0.2) is 12.6 Å². The van der Waals surface area contributed by atoms with Crippen LogP contribution in [0.15, 0.2) is 0 Å². The maximum absolute atomic E-state index is 11.9. The maximum atomic E-state index is 11.9. The van der Waals surface area contributed by atoms with Crippen molar-refractivity contribution in [1.29, 1.82) is 0 Å². The van der Waals surface area contributed by atoms with Crippen molar-refractivity contribution >= 4 is 5.97 Å². The third kappa shape index (κ3) is 9.20. The van der Waals surface area contributed by atoms with Gasteiger partial charge in [0.25, 0.3) is 0 Å². The van der Waals surface area contributed by atoms with Gasteiger partial charge in [0.15, 0.2) is 0 Å². The molecule has 102 valence electrons. The topological polar surface area (TPSA) is 26.3 Å². The first-order valence-corrected chi connectivity index (χ1v) is 7.28. The van der Waals surface area contributed by atoms with Crippen molar-refractivity contribution in [2.24, 2.45) is 11.8 Å². The molecule has 0 aromatic carbocycles. The van der Waals surface area contributed by atoms with Crippen LogP contribution in [-0.2, 0) is 9.53 Å². The minimum atomic E-state index is 0.0311. The van der Waals surface area contributed by atoms with Gasteiger partial charge in [0, 0.05) is 0 Å². The van der Waals surface area contributed by atoms with Crippen LogP contribution in [0.25, 0.3) is 0 Å². The van der Waals surface area contributed by atoms with E-state index in [-0.39, 0.29) is 11.9 Å². The molecule has 0 aliphatic rings. The molecule has 0 saturated heterocycles. The van der Waals surface area contributed by atoms with E-state index >= 15 is 0 Å². The second kappa shape index (κ2) is 10.6. The SMILES string of the molecule is CCCCCC(CCC)C(=O)OCCC(C)C. The van der Waals surface area contributed by atoms with Gasteiger partial charge in [-0.1, -0.05) is 53.4 Å². The fourth-order valence-corrected chi connectivity index (χ4v) is 1.88. The zero-order chi connectivity index (χ0) is 13.1. The van der Waals surface area contributed by atoms with Crippen molar-refractivity contribution in [3.05, 3.63) is 0 Å². The van der Waals surface area contributed by atoms with Crippen LogP contribution < -0.4 is 0 Å². The molecule has 0 radical (unpaired) electrons. The number of hydrogen-bond donors (Lipinski definition) is 0. The Bertz CT molecular complexity index is 187. The van der Waals surface area contributed by atoms with Crippen LogP contribution in [0.1, 0.15) is 72.6 Å². The Balaban J connectivity index is 3.88. The molecule has 0 aliphatic heterocycles. The highest BCUT2D eigenvalue weighted by Gasteiger charge is 2.18. The molecule has 2 nitrogen and oxygen atoms in total. The summed E-state index contributed by atoms with van der Waals surface area (Å²) in [4.78, 5) is 11.9. The molecule has 0 fully saturated rings. The molecule has 0 spiro atoms. The molecule has 1 atom stereocenters. The Morgan fingerprint density at radius 1 is 1.00 bits per heavy atom. The van der Waals surface area contributed by atoms with Gasteiger partial charge in [-0.15, -0.1) is 0 Å². The number of ether oxygens (including phenoxy) is 1. The van der Waals surface area contributed by atoms with E-state index in [2.05, 4.69) is 27.7 Å². The fraction of sp³-hybridized carbons (Fsp3) is 0.933. The van der Waals surface area contributed by atoms with Crippen LogP contribution in [0.2, 0.25) is 0 Å². The van der Waals surface area contributed by atoms with Crippen LogP contribution in [0.3, 0.4) is 0 Å². The van der Waals surface area contributed by atoms with Crippen molar-refractivity contribution in [2.75, 3.05) is 6.61 Å². The molecule has 0 heterocycles. The lowest BCUT2D eigenvalue weighted by Gasteiger charge is -2.15. The summed E-state index contributed by atoms with van der Waals surface area (Å²) in [6.07, 6.45) is 7.60. The van der Waals surface area contributed by atoms with Gasteiger partial charge in [0.2, 0.25) is 0 Å². The highest BCUT2D eigenvalue weighted by molar-refractivity contribution is 5.72. The van der Waals surface area contributed by atoms with E-state index in [1.807, 2.05) is 0 Å². The molecule has 0 aromatic heterocycles. The maximum Gasteiger partial charge on any atom is 0.308 e. The van der Waals surface area contributed by atoms with E-state index in [4.69, 9.17) is 4.74 Å². The first-order valence-electron chi connectivity index (χ1n) is 7.28. The minimum Gasteiger partial charge on any atom is -0.465 e. The predicted molar refractivity (Wildman–Crippen MR) is 73.0 cm³/mol. The van der Waals surface area contributed by atoms with Crippen molar-refractivity contribution in [3.8, 4) is 0 Å². The number of carbonyl (C=O) groups is 1. The zero-order valence-electron chi connectivity index (χ0n) is 12.1. The highest BCUT2D eigenvalue weighted by Crippen LogP contribution is 2.17. The number of carbonyl (C=O) groups excluding carboxylic acids is 1. The molecule has 0 aromatic rings. The quantitative estimate of drug-likeness (QED) is 0.414. The molecule has 17 heavy (non-hydrogen) atoms. The van der Waals surface area contributed by atoms with Crippen molar-refractivity contribution < 1.29 is 9.53 Å². The van der Waals surface area contributed by atoms with Gasteiger partial charge in [-0.3, -0.25) is 4.79 Å². The Labute approximate surface area is 107 Å². The summed E-state index contributed by atoms with van der Waals surface area (Å²) in [5.74, 6) is 0.773. The Morgan fingerprint density at radius 2 is 1.71 bits per heavy atom. The Morgan fingerprint density at radius 3 is 2.24 bits per heavy atom. The van der Waals surface area contributed by atoms with Crippen LogP contribution in [0, 0.1) is 11.8 Å². The minimum absolute atomic E-state index is 0.0311. The Hall–Kier alpha value is -0.530. The monoisotopic (exact) mass is 242 g/mol. The molecule has 0 N–H and O–H groups in total. The van der Waals surface area contributed by atoms with Crippen LogP contribution in [0.4, 0.5) is 0 Å². The van der Waals surface area contributed by atoms with E-state index in [1.165, 1.54) is 12.8 Å². The van der Waals surface area contributed by atoms with Crippen LogP contribution in [0.5, 0.6) is 0 Å². The summed E-state index contributed by atoms with van der Waals surface area (Å²) < 4.78 is 5.36. The summed E-state index contributed by atoms with van der Waals surface area (Å²) in [5, 5.41) is 0. The summed E-state index contributed by atoms with van der Waals surface area (Å²) in [7, 11) is 0. The Kier molecular flexibility index (Phi) is 10.3. The second-order valence-electron chi connectivity index (χ2n) is 5.33. The molecule has 0 saturated carbocycles. The van der Waals surface area contributed by atoms with Crippen molar-refractivity contribution in [2.45, 2.75) is 72.6 Å². The standard InChI is InChI=1S/C15H30O2/c1-5-7-8-10-14(9-6-2)15(16)17-12-11-13(3)4/h13-14H,5-12H2,1-4H3. The first kappa shape index (κ1) is 16.5. The van der Waals surface area contributed by atoms with E-state index < -0.39 is 0 Å². The number of rotatable bonds is 10. The summed E-state index contributed by atoms with van der Waals surface area (Å²) in [6, 6.07) is 0. The van der Waals surface area contributed by atoms with Crippen molar-refractivity contribution in [1.82, 2.24) is 0 Å². The summed E-state index contributed by atoms with van der Waals surface area (Å²) >= 11 is 0. The van der Waals surface area contributed by atoms with Gasteiger partial charge >= 0.3 is 5.97 Å². The van der Waals surface area contributed by atoms with Gasteiger partial charge in [-0.25, -0.2) is 0 Å². The third-order valence-corrected chi connectivity index (χ3v) is 3.07. The molecule has 0 rings (SSSR count). The highest BCUT2D eigenvalue weighted by atomic mass is 16.5. The lowest BCUT2D eigenvalue weighted by Crippen LogP contribution is -2.19. The third-order valence-electron chi connectivity index (χ3n) is 3.07. The first-order chi connectivity index (χ1) is 8.11. The molecule has 0 bridgehead atoms. The smallest absolute Gasteiger partial charge is 0.308 e. The largest absolute Gasteiger partial charge is 0.465 e. The summed E-state index contributed by atoms with van der Waals surface area (Å²) in [5.41, 5.74) is 0. The van der Waals surface area contributed by atoms with E-state index in [0.29, 0.717) is 12.5 Å². The molecular formula is C15H30O2. The van der Waals surface area contributed by atoms with Crippen molar-refractivity contribution in [3.63, 3.8) is 0 Å².